The van der Waals surface area contributed by atoms with E-state index in [1.807, 2.05) is 6.08 Å². The van der Waals surface area contributed by atoms with Crippen LogP contribution in [0.15, 0.2) is 49.1 Å². The minimum atomic E-state index is 0.630. The van der Waals surface area contributed by atoms with Gasteiger partial charge >= 0.3 is 0 Å². The third kappa shape index (κ3) is 2.15. The summed E-state index contributed by atoms with van der Waals surface area (Å²) in [6.07, 6.45) is 9.77. The van der Waals surface area contributed by atoms with Crippen molar-refractivity contribution < 1.29 is 0 Å². The highest BCUT2D eigenvalue weighted by Gasteiger charge is 2.33. The van der Waals surface area contributed by atoms with Gasteiger partial charge in [-0.3, -0.25) is 4.90 Å². The van der Waals surface area contributed by atoms with E-state index in [0.717, 1.165) is 12.6 Å². The molecule has 1 aromatic carbocycles. The van der Waals surface area contributed by atoms with Crippen molar-refractivity contribution in [2.45, 2.75) is 37.8 Å². The molecule has 0 aromatic heterocycles. The lowest BCUT2D eigenvalue weighted by Crippen LogP contribution is -2.48. The number of nitrogens with zero attached hydrogens (tertiary/aromatic N) is 1. The summed E-state index contributed by atoms with van der Waals surface area (Å²) in [6, 6.07) is 12.2. The second-order valence-electron chi connectivity index (χ2n) is 5.40. The zero-order chi connectivity index (χ0) is 12.4. The molecule has 2 unspecified atom stereocenters. The summed E-state index contributed by atoms with van der Waals surface area (Å²) < 4.78 is 0. The second kappa shape index (κ2) is 5.11. The molecule has 1 heteroatoms. The molecule has 1 saturated heterocycles. The molecule has 94 valence electrons. The molecule has 18 heavy (non-hydrogen) atoms. The average molecular weight is 239 g/mol. The number of piperidine rings is 1. The molecular formula is C17H21N. The Morgan fingerprint density at radius 1 is 1.22 bits per heavy atom. The maximum Gasteiger partial charge on any atom is 0.0290 e. The molecule has 2 aliphatic rings. The lowest BCUT2D eigenvalue weighted by Gasteiger charge is -2.44. The van der Waals surface area contributed by atoms with Crippen LogP contribution in [0.1, 0.15) is 31.2 Å². The van der Waals surface area contributed by atoms with E-state index < -0.39 is 0 Å². The molecule has 2 aliphatic heterocycles. The van der Waals surface area contributed by atoms with Crippen molar-refractivity contribution in [1.82, 2.24) is 4.90 Å². The van der Waals surface area contributed by atoms with Gasteiger partial charge in [0.05, 0.1) is 0 Å². The summed E-state index contributed by atoms with van der Waals surface area (Å²) in [5, 5.41) is 0. The van der Waals surface area contributed by atoms with Gasteiger partial charge in [0.1, 0.15) is 0 Å². The normalized spacial score (nSPS) is 27.7. The predicted molar refractivity (Wildman–Crippen MR) is 77.4 cm³/mol. The summed E-state index contributed by atoms with van der Waals surface area (Å²) >= 11 is 0. The molecule has 3 rings (SSSR count). The third-order valence-electron chi connectivity index (χ3n) is 4.27. The van der Waals surface area contributed by atoms with Gasteiger partial charge in [0.15, 0.2) is 0 Å². The molecule has 2 atom stereocenters. The molecule has 0 amide bonds. The summed E-state index contributed by atoms with van der Waals surface area (Å²) in [7, 11) is 0. The molecule has 2 bridgehead atoms. The van der Waals surface area contributed by atoms with Crippen LogP contribution in [0.25, 0.3) is 5.57 Å². The Bertz CT molecular complexity index is 446. The first-order chi connectivity index (χ1) is 8.88. The highest BCUT2D eigenvalue weighted by Crippen LogP contribution is 2.36. The maximum atomic E-state index is 3.90. The largest absolute Gasteiger partial charge is 0.290 e. The van der Waals surface area contributed by atoms with Crippen LogP contribution in [0.3, 0.4) is 0 Å². The van der Waals surface area contributed by atoms with Crippen molar-refractivity contribution in [3.8, 4) is 0 Å². The summed E-state index contributed by atoms with van der Waals surface area (Å²) in [5.41, 5.74) is 2.96. The molecule has 0 aliphatic carbocycles. The van der Waals surface area contributed by atoms with Gasteiger partial charge in [0.25, 0.3) is 0 Å². The van der Waals surface area contributed by atoms with Crippen LogP contribution in [-0.4, -0.2) is 23.5 Å². The van der Waals surface area contributed by atoms with Gasteiger partial charge in [-0.05, 0) is 30.4 Å². The lowest BCUT2D eigenvalue weighted by molar-refractivity contribution is 0.118. The van der Waals surface area contributed by atoms with Gasteiger partial charge < -0.3 is 0 Å². The number of benzene rings is 1. The smallest absolute Gasteiger partial charge is 0.0290 e. The predicted octanol–water partition coefficient (Wildman–Crippen LogP) is 3.88. The molecule has 1 nitrogen and oxygen atoms in total. The van der Waals surface area contributed by atoms with E-state index in [4.69, 9.17) is 0 Å². The maximum absolute atomic E-state index is 3.90. The van der Waals surface area contributed by atoms with Crippen LogP contribution in [0, 0.1) is 0 Å². The minimum absolute atomic E-state index is 0.630. The topological polar surface area (TPSA) is 3.24 Å². The Hall–Kier alpha value is -1.34. The summed E-state index contributed by atoms with van der Waals surface area (Å²) in [5.74, 6) is 0. The van der Waals surface area contributed by atoms with E-state index in [-0.39, 0.29) is 0 Å². The molecule has 2 heterocycles. The quantitative estimate of drug-likeness (QED) is 0.723. The van der Waals surface area contributed by atoms with Crippen molar-refractivity contribution in [3.63, 3.8) is 0 Å². The fraction of sp³-hybridized carbons (Fsp3) is 0.412. The first kappa shape index (κ1) is 11.7. The standard InChI is InChI=1S/C17H21N/c1-2-11-18-16-9-6-10-17(18)13-15(12-16)14-7-4-3-5-8-14/h2-5,7-8,12,16-17H,1,6,9-11,13H2. The number of hydrogen-bond acceptors (Lipinski definition) is 1. The first-order valence-electron chi connectivity index (χ1n) is 7.01. The first-order valence-corrected chi connectivity index (χ1v) is 7.01. The fourth-order valence-corrected chi connectivity index (χ4v) is 3.42. The average Bonchev–Trinajstić information content (AvgIpc) is 2.40. The second-order valence-corrected chi connectivity index (χ2v) is 5.40. The third-order valence-corrected chi connectivity index (χ3v) is 4.27. The number of hydrogen-bond donors (Lipinski definition) is 0. The van der Waals surface area contributed by atoms with Gasteiger partial charge in [-0.1, -0.05) is 48.9 Å². The van der Waals surface area contributed by atoms with Crippen molar-refractivity contribution in [3.05, 3.63) is 54.6 Å². The lowest BCUT2D eigenvalue weighted by atomic mass is 9.83. The zero-order valence-corrected chi connectivity index (χ0v) is 10.9. The Kier molecular flexibility index (Phi) is 3.33. The monoisotopic (exact) mass is 239 g/mol. The van der Waals surface area contributed by atoms with E-state index in [1.54, 1.807) is 5.57 Å². The van der Waals surface area contributed by atoms with Gasteiger partial charge in [0, 0.05) is 18.6 Å². The van der Waals surface area contributed by atoms with Gasteiger partial charge in [-0.15, -0.1) is 6.58 Å². The van der Waals surface area contributed by atoms with Crippen LogP contribution < -0.4 is 0 Å². The van der Waals surface area contributed by atoms with E-state index in [2.05, 4.69) is 47.9 Å². The summed E-state index contributed by atoms with van der Waals surface area (Å²) in [4.78, 5) is 2.63. The Labute approximate surface area is 110 Å². The Balaban J connectivity index is 1.89. The van der Waals surface area contributed by atoms with Crippen LogP contribution >= 0.6 is 0 Å². The molecule has 1 aromatic rings. The molecule has 1 fully saturated rings. The van der Waals surface area contributed by atoms with Crippen LogP contribution in [-0.2, 0) is 0 Å². The van der Waals surface area contributed by atoms with E-state index in [1.165, 1.54) is 31.2 Å². The highest BCUT2D eigenvalue weighted by atomic mass is 15.2. The molecular weight excluding hydrogens is 218 g/mol. The van der Waals surface area contributed by atoms with E-state index in [0.29, 0.717) is 6.04 Å². The van der Waals surface area contributed by atoms with E-state index >= 15 is 0 Å². The fourth-order valence-electron chi connectivity index (χ4n) is 3.42. The SMILES string of the molecule is C=CCN1C2C=C(c3ccccc3)CC1CCC2. The minimum Gasteiger partial charge on any atom is -0.290 e. The van der Waals surface area contributed by atoms with Gasteiger partial charge in [-0.2, -0.15) is 0 Å². The van der Waals surface area contributed by atoms with Crippen LogP contribution in [0.2, 0.25) is 0 Å². The number of rotatable bonds is 3. The van der Waals surface area contributed by atoms with Crippen molar-refractivity contribution in [2.75, 3.05) is 6.54 Å². The van der Waals surface area contributed by atoms with Crippen molar-refractivity contribution in [2.24, 2.45) is 0 Å². The molecule has 0 saturated carbocycles. The Morgan fingerprint density at radius 3 is 2.78 bits per heavy atom. The molecule has 0 N–H and O–H groups in total. The van der Waals surface area contributed by atoms with Crippen LogP contribution in [0.4, 0.5) is 0 Å². The van der Waals surface area contributed by atoms with Crippen molar-refractivity contribution >= 4 is 5.57 Å². The Morgan fingerprint density at radius 2 is 2.06 bits per heavy atom. The van der Waals surface area contributed by atoms with E-state index in [9.17, 15) is 0 Å². The van der Waals surface area contributed by atoms with Gasteiger partial charge in [0.2, 0.25) is 0 Å². The van der Waals surface area contributed by atoms with Gasteiger partial charge in [-0.25, -0.2) is 0 Å². The molecule has 0 spiro atoms. The zero-order valence-electron chi connectivity index (χ0n) is 10.9. The molecule has 0 radical (unpaired) electrons. The van der Waals surface area contributed by atoms with Crippen molar-refractivity contribution in [1.29, 1.82) is 0 Å². The summed E-state index contributed by atoms with van der Waals surface area (Å²) in [6.45, 7) is 4.93. The number of fused-ring (bicyclic) bond motifs is 2. The van der Waals surface area contributed by atoms with Crippen LogP contribution in [0.5, 0.6) is 0 Å². The highest BCUT2D eigenvalue weighted by molar-refractivity contribution is 5.67.